The van der Waals surface area contributed by atoms with Gasteiger partial charge in [0.1, 0.15) is 12.4 Å². The van der Waals surface area contributed by atoms with Gasteiger partial charge in [-0.3, -0.25) is 0 Å². The van der Waals surface area contributed by atoms with E-state index in [1.54, 1.807) is 36.4 Å². The van der Waals surface area contributed by atoms with Crippen molar-refractivity contribution >= 4 is 64.3 Å². The number of hydrogen-bond donors (Lipinski definition) is 2. The summed E-state index contributed by atoms with van der Waals surface area (Å²) in [6, 6.07) is 39.4. The molecular formula is C90H105N4Na3O10. The van der Waals surface area contributed by atoms with Crippen LogP contribution in [0.2, 0.25) is 0 Å². The third kappa shape index (κ3) is 26.2. The van der Waals surface area contributed by atoms with Crippen molar-refractivity contribution in [3.05, 3.63) is 178 Å². The molecular weight excluding hydrogens is 1370 g/mol. The molecule has 2 aliphatic heterocycles. The van der Waals surface area contributed by atoms with Gasteiger partial charge in [0.2, 0.25) is 5.75 Å². The van der Waals surface area contributed by atoms with Crippen LogP contribution in [0.4, 0.5) is 0 Å². The minimum Gasteiger partial charge on any atom is -0.545 e. The van der Waals surface area contributed by atoms with E-state index in [-0.39, 0.29) is 112 Å². The summed E-state index contributed by atoms with van der Waals surface area (Å²) < 4.78 is 27.0. The maximum atomic E-state index is 12.1. The van der Waals surface area contributed by atoms with Gasteiger partial charge in [0.05, 0.1) is 60.5 Å². The van der Waals surface area contributed by atoms with Crippen LogP contribution in [-0.4, -0.2) is 57.7 Å². The molecule has 0 amide bonds. The molecule has 17 heteroatoms. The number of aromatic amines is 2. The van der Waals surface area contributed by atoms with Gasteiger partial charge in [-0.05, 0) is 137 Å². The Hall–Kier alpha value is -6.69. The predicted molar refractivity (Wildman–Crippen MR) is 416 cm³/mol. The zero-order valence-electron chi connectivity index (χ0n) is 64.5. The number of fused-ring (bicyclic) bond motifs is 8. The average Bonchev–Trinajstić information content (AvgIpc) is 1.63. The van der Waals surface area contributed by atoms with Crippen LogP contribution in [0.15, 0.2) is 133 Å². The number of nitrogens with zero attached hydrogens (tertiary/aromatic N) is 2. The van der Waals surface area contributed by atoms with Gasteiger partial charge < -0.3 is 58.6 Å². The Morgan fingerprint density at radius 1 is 0.318 bits per heavy atom. The van der Waals surface area contributed by atoms with Crippen molar-refractivity contribution in [1.82, 2.24) is 19.9 Å². The van der Waals surface area contributed by atoms with Gasteiger partial charge in [0.15, 0.2) is 11.5 Å². The first-order valence-corrected chi connectivity index (χ1v) is 38.9. The maximum absolute atomic E-state index is 12.1. The second-order valence-electron chi connectivity index (χ2n) is 27.9. The monoisotopic (exact) mass is 1470 g/mol. The molecule has 107 heavy (non-hydrogen) atoms. The summed E-state index contributed by atoms with van der Waals surface area (Å²) in [6.45, 7) is 8.79. The van der Waals surface area contributed by atoms with Crippen molar-refractivity contribution in [3.8, 4) is 67.5 Å². The fourth-order valence-electron chi connectivity index (χ4n) is 14.0. The number of aromatic nitrogens is 4. The van der Waals surface area contributed by atoms with Crippen molar-refractivity contribution in [3.63, 3.8) is 0 Å². The number of unbranched alkanes of at least 4 members (excludes halogenated alkanes) is 27. The number of nitrogens with one attached hydrogen (secondary N) is 2. The van der Waals surface area contributed by atoms with E-state index < -0.39 is 17.9 Å². The Balaban J connectivity index is 0.00000532. The van der Waals surface area contributed by atoms with E-state index in [4.69, 9.17) is 28.9 Å². The van der Waals surface area contributed by atoms with Gasteiger partial charge in [-0.15, -0.1) is 0 Å². The fourth-order valence-corrected chi connectivity index (χ4v) is 14.0. The molecule has 0 saturated heterocycles. The first-order valence-electron chi connectivity index (χ1n) is 38.9. The topological polar surface area (TPSA) is 215 Å². The number of carboxylic acids is 3. The quantitative estimate of drug-likeness (QED) is 0.0269. The number of hydrogen-bond acceptors (Lipinski definition) is 12. The summed E-state index contributed by atoms with van der Waals surface area (Å²) in [4.78, 5) is 54.3. The molecule has 0 spiro atoms. The summed E-state index contributed by atoms with van der Waals surface area (Å²) in [5.74, 6) is -1.21. The average molecular weight is 1470 g/mol. The van der Waals surface area contributed by atoms with E-state index in [0.717, 1.165) is 60.7 Å². The molecule has 5 heterocycles. The molecule has 8 bridgehead atoms. The van der Waals surface area contributed by atoms with Crippen LogP contribution < -0.4 is 123 Å². The largest absolute Gasteiger partial charge is 1.00 e. The molecule has 0 atom stereocenters. The molecule has 0 aliphatic carbocycles. The number of H-pyrrole nitrogens is 2. The molecule has 14 nitrogen and oxygen atoms in total. The first-order chi connectivity index (χ1) is 51.0. The van der Waals surface area contributed by atoms with Crippen LogP contribution in [-0.2, 0) is 6.61 Å². The number of carbonyl (C=O) groups excluding carboxylic acids is 3. The molecule has 0 unspecified atom stereocenters. The summed E-state index contributed by atoms with van der Waals surface area (Å²) in [5.41, 5.74) is 11.7. The fraction of sp³-hybridized carbons (Fsp3) is 0.411. The molecule has 0 fully saturated rings. The summed E-state index contributed by atoms with van der Waals surface area (Å²) in [5, 5.41) is 36.2. The molecule has 5 aromatic carbocycles. The Kier molecular flexibility index (Phi) is 38.8. The minimum absolute atomic E-state index is 0. The molecule has 0 saturated carbocycles. The molecule has 548 valence electrons. The second kappa shape index (κ2) is 47.4. The molecule has 2 aliphatic rings. The van der Waals surface area contributed by atoms with Crippen molar-refractivity contribution < 1.29 is 137 Å². The Bertz CT molecular complexity index is 4220. The van der Waals surface area contributed by atoms with Gasteiger partial charge in [-0.25, -0.2) is 9.97 Å². The molecule has 8 aromatic rings. The third-order valence-corrected chi connectivity index (χ3v) is 19.9. The van der Waals surface area contributed by atoms with Crippen molar-refractivity contribution in [2.24, 2.45) is 0 Å². The predicted octanol–water partition coefficient (Wildman–Crippen LogP) is 11.9. The van der Waals surface area contributed by atoms with Gasteiger partial charge in [0.25, 0.3) is 0 Å². The normalized spacial score (nSPS) is 11.4. The number of carboxylic acid groups (broad SMARTS) is 3. The van der Waals surface area contributed by atoms with Crippen LogP contribution in [0, 0.1) is 0 Å². The number of ether oxygens (including phenoxy) is 4. The van der Waals surface area contributed by atoms with E-state index in [1.807, 2.05) is 72.8 Å². The minimum atomic E-state index is -1.31. The second-order valence-corrected chi connectivity index (χ2v) is 27.9. The van der Waals surface area contributed by atoms with Gasteiger partial charge in [-0.1, -0.05) is 279 Å². The Morgan fingerprint density at radius 3 is 0.841 bits per heavy atom. The van der Waals surface area contributed by atoms with Crippen molar-refractivity contribution in [1.29, 1.82) is 0 Å². The zero-order chi connectivity index (χ0) is 72.7. The van der Waals surface area contributed by atoms with E-state index in [0.29, 0.717) is 116 Å². The standard InChI is InChI=1S/C90H108N4O10.3Na/c1-4-7-10-13-16-19-22-25-28-31-58-101-81-61-64(62-82(102-59-32-29-26-23-20-17-14-11-8-5-2)87(81)103-60-33-30-27-24-21-18-15-12-9-6-3)63-104-72-48-46-68(47-49-72)86-79-56-54-77(93-79)84(66-36-42-70(43-37-66)89(97)98)75-52-50-73(91-75)83(65-34-40-69(41-35-65)88(95)96)74-51-53-76(92-74)85(78-55-57-80(86)94-78)67-38-44-71(45-39-67)90(99)100;;;/h34-57,61-62,91,94H,4-33,58-60,63H2,1-3H3,(H,95,96)(H,97,98)(H,99,100);;;/q;3*+1/p-3. The van der Waals surface area contributed by atoms with Gasteiger partial charge in [0, 0.05) is 44.3 Å². The van der Waals surface area contributed by atoms with Gasteiger partial charge in [-0.2, -0.15) is 0 Å². The van der Waals surface area contributed by atoms with Crippen LogP contribution >= 0.6 is 0 Å². The van der Waals surface area contributed by atoms with Crippen molar-refractivity contribution in [2.75, 3.05) is 19.8 Å². The Morgan fingerprint density at radius 2 is 0.570 bits per heavy atom. The third-order valence-electron chi connectivity index (χ3n) is 19.9. The van der Waals surface area contributed by atoms with Crippen LogP contribution in [0.1, 0.15) is 273 Å². The SMILES string of the molecule is CCCCCCCCCCCCOc1cc(COc2ccc(-c3c4nc(c(-c5ccc(C(=O)[O-])cc5)c5ccc([nH]5)c(-c5ccc(C(=O)[O-])cc5)c5nc(c(-c6ccc(C(=O)[O-])cc6)c6ccc3[nH]6)C=C5)C=C4)cc2)cc(OCCCCCCCCCCCC)c1OCCCCCCCCCCCC.[Na+].[Na+].[Na+]. The summed E-state index contributed by atoms with van der Waals surface area (Å²) in [7, 11) is 0. The summed E-state index contributed by atoms with van der Waals surface area (Å²) in [6.07, 6.45) is 44.9. The molecule has 3 aromatic heterocycles. The van der Waals surface area contributed by atoms with E-state index in [1.165, 1.54) is 190 Å². The number of benzene rings is 5. The van der Waals surface area contributed by atoms with E-state index in [9.17, 15) is 29.7 Å². The molecule has 0 radical (unpaired) electrons. The molecule has 10 rings (SSSR count). The van der Waals surface area contributed by atoms with E-state index >= 15 is 0 Å². The number of rotatable bonds is 46. The number of aromatic carboxylic acids is 3. The number of carbonyl (C=O) groups is 3. The van der Waals surface area contributed by atoms with E-state index in [2.05, 4.69) is 42.9 Å². The van der Waals surface area contributed by atoms with Crippen molar-refractivity contribution in [2.45, 2.75) is 220 Å². The Labute approximate surface area is 700 Å². The van der Waals surface area contributed by atoms with Crippen LogP contribution in [0.5, 0.6) is 23.0 Å². The zero-order valence-corrected chi connectivity index (χ0v) is 70.5. The molecule has 2 N–H and O–H groups in total. The van der Waals surface area contributed by atoms with Crippen LogP contribution in [0.3, 0.4) is 0 Å². The van der Waals surface area contributed by atoms with Gasteiger partial charge >= 0.3 is 88.7 Å². The smallest absolute Gasteiger partial charge is 0.545 e. The summed E-state index contributed by atoms with van der Waals surface area (Å²) >= 11 is 0. The van der Waals surface area contributed by atoms with Crippen LogP contribution in [0.25, 0.3) is 90.9 Å². The maximum Gasteiger partial charge on any atom is 1.00 e. The first kappa shape index (κ1) is 87.5.